The quantitative estimate of drug-likeness (QED) is 0.905. The van der Waals surface area contributed by atoms with Crippen molar-refractivity contribution in [2.75, 3.05) is 12.3 Å². The van der Waals surface area contributed by atoms with Crippen molar-refractivity contribution in [3.63, 3.8) is 0 Å². The van der Waals surface area contributed by atoms with Gasteiger partial charge in [0.05, 0.1) is 5.52 Å². The Hall–Kier alpha value is -1.49. The Labute approximate surface area is 116 Å². The summed E-state index contributed by atoms with van der Waals surface area (Å²) in [5.74, 6) is 1.13. The number of H-pyrrole nitrogens is 1. The van der Waals surface area contributed by atoms with Gasteiger partial charge in [-0.15, -0.1) is 0 Å². The minimum atomic E-state index is -0.0800. The van der Waals surface area contributed by atoms with Crippen LogP contribution < -0.4 is 5.32 Å². The average Bonchev–Trinajstić information content (AvgIpc) is 2.90. The molecule has 1 unspecified atom stereocenters. The first-order chi connectivity index (χ1) is 9.34. The first-order valence-electron chi connectivity index (χ1n) is 6.67. The Bertz CT molecular complexity index is 575. The number of para-hydroxylation sites is 1. The molecule has 5 heteroatoms. The van der Waals surface area contributed by atoms with Crippen LogP contribution in [-0.2, 0) is 0 Å². The van der Waals surface area contributed by atoms with Crippen LogP contribution in [0.2, 0.25) is 0 Å². The molecule has 1 atom stereocenters. The molecule has 0 radical (unpaired) electrons. The lowest BCUT2D eigenvalue weighted by atomic mass is 10.2. The van der Waals surface area contributed by atoms with Crippen molar-refractivity contribution >= 4 is 28.6 Å². The van der Waals surface area contributed by atoms with Gasteiger partial charge in [0.25, 0.3) is 5.91 Å². The zero-order valence-electron chi connectivity index (χ0n) is 10.7. The first kappa shape index (κ1) is 12.5. The summed E-state index contributed by atoms with van der Waals surface area (Å²) in [5, 5.41) is 11.5. The summed E-state index contributed by atoms with van der Waals surface area (Å²) >= 11 is 1.96. The van der Waals surface area contributed by atoms with Crippen LogP contribution in [0.15, 0.2) is 24.3 Å². The van der Waals surface area contributed by atoms with Gasteiger partial charge >= 0.3 is 0 Å². The number of hydrogen-bond acceptors (Lipinski definition) is 3. The van der Waals surface area contributed by atoms with E-state index in [1.54, 1.807) is 0 Å². The summed E-state index contributed by atoms with van der Waals surface area (Å²) in [4.78, 5) is 12.2. The van der Waals surface area contributed by atoms with Crippen LogP contribution in [0.25, 0.3) is 10.9 Å². The highest BCUT2D eigenvalue weighted by Gasteiger charge is 2.17. The number of amides is 1. The number of carbonyl (C=O) groups is 1. The number of thioether (sulfide) groups is 1. The molecule has 4 nitrogen and oxygen atoms in total. The summed E-state index contributed by atoms with van der Waals surface area (Å²) in [5.41, 5.74) is 1.40. The van der Waals surface area contributed by atoms with Crippen LogP contribution >= 0.6 is 11.8 Å². The summed E-state index contributed by atoms with van der Waals surface area (Å²) in [6, 6.07) is 7.70. The predicted octanol–water partition coefficient (Wildman–Crippen LogP) is 2.58. The van der Waals surface area contributed by atoms with Crippen LogP contribution in [0.1, 0.15) is 29.8 Å². The van der Waals surface area contributed by atoms with Gasteiger partial charge in [-0.05, 0) is 24.7 Å². The summed E-state index contributed by atoms with van der Waals surface area (Å²) in [7, 11) is 0. The third kappa shape index (κ3) is 2.76. The van der Waals surface area contributed by atoms with Crippen molar-refractivity contribution in [2.24, 2.45) is 0 Å². The summed E-state index contributed by atoms with van der Waals surface area (Å²) < 4.78 is 0. The molecule has 1 fully saturated rings. The smallest absolute Gasteiger partial charge is 0.272 e. The van der Waals surface area contributed by atoms with Gasteiger partial charge < -0.3 is 5.32 Å². The molecular formula is C14H17N3OS. The minimum Gasteiger partial charge on any atom is -0.350 e. The highest BCUT2D eigenvalue weighted by molar-refractivity contribution is 7.99. The van der Waals surface area contributed by atoms with E-state index in [0.29, 0.717) is 10.9 Å². The van der Waals surface area contributed by atoms with Crippen molar-refractivity contribution in [2.45, 2.75) is 24.5 Å². The second-order valence-corrected chi connectivity index (χ2v) is 6.22. The highest BCUT2D eigenvalue weighted by atomic mass is 32.2. The first-order valence-corrected chi connectivity index (χ1v) is 7.72. The summed E-state index contributed by atoms with van der Waals surface area (Å²) in [6.45, 7) is 0.741. The van der Waals surface area contributed by atoms with Crippen molar-refractivity contribution in [1.82, 2.24) is 15.5 Å². The van der Waals surface area contributed by atoms with Crippen LogP contribution in [0.5, 0.6) is 0 Å². The molecule has 1 aliphatic heterocycles. The normalized spacial score (nSPS) is 19.5. The Kier molecular flexibility index (Phi) is 3.73. The Morgan fingerprint density at radius 3 is 3.16 bits per heavy atom. The van der Waals surface area contributed by atoms with E-state index in [2.05, 4.69) is 15.5 Å². The van der Waals surface area contributed by atoms with Gasteiger partial charge in [-0.1, -0.05) is 24.6 Å². The van der Waals surface area contributed by atoms with Gasteiger partial charge in [0.2, 0.25) is 0 Å². The molecule has 1 aromatic carbocycles. The third-order valence-corrected chi connectivity index (χ3v) is 4.85. The van der Waals surface area contributed by atoms with Crippen molar-refractivity contribution in [1.29, 1.82) is 0 Å². The van der Waals surface area contributed by atoms with Crippen LogP contribution in [0.4, 0.5) is 0 Å². The molecule has 0 aliphatic carbocycles. The number of benzene rings is 1. The van der Waals surface area contributed by atoms with E-state index >= 15 is 0 Å². The third-order valence-electron chi connectivity index (χ3n) is 3.45. The van der Waals surface area contributed by atoms with Gasteiger partial charge in [0, 0.05) is 17.2 Å². The lowest BCUT2D eigenvalue weighted by Gasteiger charge is -2.21. The van der Waals surface area contributed by atoms with E-state index in [1.165, 1.54) is 25.0 Å². The molecular weight excluding hydrogens is 258 g/mol. The van der Waals surface area contributed by atoms with E-state index < -0.39 is 0 Å². The van der Waals surface area contributed by atoms with Crippen LogP contribution in [0.3, 0.4) is 0 Å². The van der Waals surface area contributed by atoms with Gasteiger partial charge in [-0.25, -0.2) is 0 Å². The molecule has 2 heterocycles. The maximum Gasteiger partial charge on any atom is 0.272 e. The lowest BCUT2D eigenvalue weighted by molar-refractivity contribution is 0.0950. The topological polar surface area (TPSA) is 57.8 Å². The molecule has 0 saturated carbocycles. The van der Waals surface area contributed by atoms with Crippen molar-refractivity contribution in [3.05, 3.63) is 30.0 Å². The predicted molar refractivity (Wildman–Crippen MR) is 78.5 cm³/mol. The SMILES string of the molecule is O=C(NCC1CCCCS1)c1n[nH]c2ccccc12. The molecule has 100 valence electrons. The van der Waals surface area contributed by atoms with Crippen molar-refractivity contribution in [3.8, 4) is 0 Å². The number of hydrogen-bond donors (Lipinski definition) is 2. The van der Waals surface area contributed by atoms with E-state index in [-0.39, 0.29) is 5.91 Å². The zero-order valence-corrected chi connectivity index (χ0v) is 11.5. The maximum absolute atomic E-state index is 12.2. The average molecular weight is 275 g/mol. The zero-order chi connectivity index (χ0) is 13.1. The molecule has 2 N–H and O–H groups in total. The Balaban J connectivity index is 1.66. The van der Waals surface area contributed by atoms with Crippen molar-refractivity contribution < 1.29 is 4.79 Å². The highest BCUT2D eigenvalue weighted by Crippen LogP contribution is 2.24. The molecule has 2 aromatic rings. The van der Waals surface area contributed by atoms with E-state index in [4.69, 9.17) is 0 Å². The number of nitrogens with zero attached hydrogens (tertiary/aromatic N) is 1. The number of aromatic nitrogens is 2. The van der Waals surface area contributed by atoms with Gasteiger partial charge in [0.15, 0.2) is 5.69 Å². The van der Waals surface area contributed by atoms with Gasteiger partial charge in [0.1, 0.15) is 0 Å². The molecule has 0 spiro atoms. The van der Waals surface area contributed by atoms with E-state index in [9.17, 15) is 4.79 Å². The van der Waals surface area contributed by atoms with Crippen LogP contribution in [0, 0.1) is 0 Å². The monoisotopic (exact) mass is 275 g/mol. The Morgan fingerprint density at radius 1 is 1.42 bits per heavy atom. The van der Waals surface area contributed by atoms with Gasteiger partial charge in [-0.2, -0.15) is 16.9 Å². The summed E-state index contributed by atoms with van der Waals surface area (Å²) in [6.07, 6.45) is 3.78. The number of fused-ring (bicyclic) bond motifs is 1. The molecule has 1 amide bonds. The number of rotatable bonds is 3. The fourth-order valence-corrected chi connectivity index (χ4v) is 3.63. The number of aromatic amines is 1. The fraction of sp³-hybridized carbons (Fsp3) is 0.429. The molecule has 1 saturated heterocycles. The van der Waals surface area contributed by atoms with Gasteiger partial charge in [-0.3, -0.25) is 9.89 Å². The number of nitrogens with one attached hydrogen (secondary N) is 2. The van der Waals surface area contributed by atoms with E-state index in [0.717, 1.165) is 17.4 Å². The molecule has 1 aromatic heterocycles. The molecule has 3 rings (SSSR count). The van der Waals surface area contributed by atoms with E-state index in [1.807, 2.05) is 36.0 Å². The molecule has 1 aliphatic rings. The molecule has 0 bridgehead atoms. The fourth-order valence-electron chi connectivity index (χ4n) is 2.40. The lowest BCUT2D eigenvalue weighted by Crippen LogP contribution is -2.32. The van der Waals surface area contributed by atoms with Crippen LogP contribution in [-0.4, -0.2) is 33.7 Å². The Morgan fingerprint density at radius 2 is 2.32 bits per heavy atom. The maximum atomic E-state index is 12.2. The largest absolute Gasteiger partial charge is 0.350 e. The second kappa shape index (κ2) is 5.65. The molecule has 19 heavy (non-hydrogen) atoms. The second-order valence-electron chi connectivity index (χ2n) is 4.82. The minimum absolute atomic E-state index is 0.0800. The number of carbonyl (C=O) groups excluding carboxylic acids is 1. The standard InChI is InChI=1S/C14H17N3OS/c18-14(15-9-10-5-3-4-8-19-10)13-11-6-1-2-7-12(11)16-17-13/h1-2,6-7,10H,3-5,8-9H2,(H,15,18)(H,16,17).